The molecule has 0 aliphatic heterocycles. The molecule has 0 saturated carbocycles. The number of carbonyl (C=O) groups is 2. The molecule has 6 nitrogen and oxygen atoms in total. The first-order valence-corrected chi connectivity index (χ1v) is 13.2. The number of ether oxygens (including phenoxy) is 1. The van der Waals surface area contributed by atoms with Crippen LogP contribution in [0, 0.1) is 0 Å². The summed E-state index contributed by atoms with van der Waals surface area (Å²) in [5.74, 6) is 0.242. The average Bonchev–Trinajstić information content (AvgIpc) is 3.53. The van der Waals surface area contributed by atoms with Gasteiger partial charge in [-0.05, 0) is 85.8 Å². The first-order valence-electron chi connectivity index (χ1n) is 11.7. The van der Waals surface area contributed by atoms with E-state index >= 15 is 0 Å². The molecular weight excluding hydrogens is 531 g/mol. The smallest absolute Gasteiger partial charge is 0.338 e. The van der Waals surface area contributed by atoms with Gasteiger partial charge in [-0.15, -0.1) is 11.3 Å². The molecule has 0 spiro atoms. The van der Waals surface area contributed by atoms with Crippen molar-refractivity contribution in [3.63, 3.8) is 0 Å². The van der Waals surface area contributed by atoms with Gasteiger partial charge < -0.3 is 14.5 Å². The number of benzene rings is 2. The van der Waals surface area contributed by atoms with Gasteiger partial charge in [-0.2, -0.15) is 0 Å². The summed E-state index contributed by atoms with van der Waals surface area (Å²) in [6.45, 7) is 0. The molecule has 2 heterocycles. The van der Waals surface area contributed by atoms with E-state index in [9.17, 15) is 9.59 Å². The highest BCUT2D eigenvalue weighted by Crippen LogP contribution is 2.40. The molecule has 0 saturated heterocycles. The summed E-state index contributed by atoms with van der Waals surface area (Å²) in [6, 6.07) is 15.4. The molecule has 188 valence electrons. The Labute approximate surface area is 227 Å². The van der Waals surface area contributed by atoms with E-state index in [1.165, 1.54) is 23.3 Å². The highest BCUT2D eigenvalue weighted by Gasteiger charge is 2.25. The van der Waals surface area contributed by atoms with Crippen LogP contribution in [0.2, 0.25) is 10.0 Å². The summed E-state index contributed by atoms with van der Waals surface area (Å²) in [5, 5.41) is 4.67. The molecule has 9 heteroatoms. The lowest BCUT2D eigenvalue weighted by Gasteiger charge is -2.12. The molecule has 5 rings (SSSR count). The van der Waals surface area contributed by atoms with Gasteiger partial charge in [0, 0.05) is 26.2 Å². The minimum Gasteiger partial charge on any atom is -0.465 e. The Kier molecular flexibility index (Phi) is 7.46. The normalized spacial score (nSPS) is 12.9. The van der Waals surface area contributed by atoms with Crippen LogP contribution in [0.25, 0.3) is 11.3 Å². The molecule has 1 N–H and O–H groups in total. The number of nitrogens with one attached hydrogen (secondary N) is 1. The Hall–Kier alpha value is -3.39. The molecule has 2 aromatic carbocycles. The standard InChI is InChI=1S/C28H22Cl2N2O4S/c1-35-28(34)20-12-8-17(30)14-22(20)23-13-11-19(36-23)15-31-27-25(21-4-2-3-5-24(21)37-27)26(33)32-18-9-6-16(29)7-10-18/h6-15H,2-5H2,1H3,(H,32,33). The summed E-state index contributed by atoms with van der Waals surface area (Å²) < 4.78 is 10.8. The van der Waals surface area contributed by atoms with Crippen molar-refractivity contribution < 1.29 is 18.7 Å². The van der Waals surface area contributed by atoms with Crippen LogP contribution in [0.4, 0.5) is 10.7 Å². The van der Waals surface area contributed by atoms with E-state index in [1.54, 1.807) is 60.8 Å². The number of halogens is 2. The topological polar surface area (TPSA) is 80.9 Å². The third kappa shape index (κ3) is 5.49. The predicted octanol–water partition coefficient (Wildman–Crippen LogP) is 7.98. The van der Waals surface area contributed by atoms with E-state index in [-0.39, 0.29) is 5.91 Å². The molecule has 1 aliphatic carbocycles. The second-order valence-electron chi connectivity index (χ2n) is 8.49. The summed E-state index contributed by atoms with van der Waals surface area (Å²) in [5.41, 5.74) is 3.20. The fraction of sp³-hybridized carbons (Fsp3) is 0.179. The van der Waals surface area contributed by atoms with Crippen molar-refractivity contribution in [1.82, 2.24) is 0 Å². The molecule has 0 atom stereocenters. The molecule has 4 aromatic rings. The van der Waals surface area contributed by atoms with Crippen molar-refractivity contribution in [1.29, 1.82) is 0 Å². The van der Waals surface area contributed by atoms with Gasteiger partial charge in [0.2, 0.25) is 0 Å². The van der Waals surface area contributed by atoms with Crippen LogP contribution in [-0.4, -0.2) is 25.2 Å². The monoisotopic (exact) mass is 552 g/mol. The molecule has 1 aliphatic rings. The molecule has 37 heavy (non-hydrogen) atoms. The minimum atomic E-state index is -0.487. The zero-order valence-electron chi connectivity index (χ0n) is 19.8. The Balaban J connectivity index is 1.45. The molecule has 0 fully saturated rings. The van der Waals surface area contributed by atoms with Crippen LogP contribution >= 0.6 is 34.5 Å². The van der Waals surface area contributed by atoms with Gasteiger partial charge in [-0.1, -0.05) is 23.2 Å². The lowest BCUT2D eigenvalue weighted by molar-refractivity contribution is 0.0601. The maximum atomic E-state index is 13.3. The zero-order valence-corrected chi connectivity index (χ0v) is 22.2. The lowest BCUT2D eigenvalue weighted by atomic mass is 9.95. The maximum Gasteiger partial charge on any atom is 0.338 e. The zero-order chi connectivity index (χ0) is 25.9. The molecule has 1 amide bonds. The minimum absolute atomic E-state index is 0.198. The van der Waals surface area contributed by atoms with E-state index < -0.39 is 5.97 Å². The number of esters is 1. The second-order valence-corrected chi connectivity index (χ2v) is 10.5. The Morgan fingerprint density at radius 3 is 2.57 bits per heavy atom. The number of aryl methyl sites for hydroxylation is 1. The molecule has 0 bridgehead atoms. The summed E-state index contributed by atoms with van der Waals surface area (Å²) in [7, 11) is 1.32. The average molecular weight is 553 g/mol. The number of anilines is 1. The first kappa shape index (κ1) is 25.3. The van der Waals surface area contributed by atoms with Crippen molar-refractivity contribution >= 4 is 63.3 Å². The van der Waals surface area contributed by atoms with E-state index in [2.05, 4.69) is 10.3 Å². The highest BCUT2D eigenvalue weighted by molar-refractivity contribution is 7.16. The summed E-state index contributed by atoms with van der Waals surface area (Å²) in [4.78, 5) is 31.4. The number of furan rings is 1. The maximum absolute atomic E-state index is 13.3. The fourth-order valence-corrected chi connectivity index (χ4v) is 5.83. The number of aliphatic imine (C=N–C) groups is 1. The molecule has 0 unspecified atom stereocenters. The van der Waals surface area contributed by atoms with Crippen LogP contribution in [0.3, 0.4) is 0 Å². The Morgan fingerprint density at radius 1 is 1.03 bits per heavy atom. The summed E-state index contributed by atoms with van der Waals surface area (Å²) in [6.07, 6.45) is 5.51. The molecule has 2 aromatic heterocycles. The fourth-order valence-electron chi connectivity index (χ4n) is 4.30. The largest absolute Gasteiger partial charge is 0.465 e. The van der Waals surface area contributed by atoms with Crippen LogP contribution in [0.15, 0.2) is 64.0 Å². The van der Waals surface area contributed by atoms with Gasteiger partial charge in [-0.25, -0.2) is 9.79 Å². The number of nitrogens with zero attached hydrogens (tertiary/aromatic N) is 1. The number of methoxy groups -OCH3 is 1. The summed E-state index contributed by atoms with van der Waals surface area (Å²) >= 11 is 13.7. The molecule has 0 radical (unpaired) electrons. The van der Waals surface area contributed by atoms with Gasteiger partial charge in [0.25, 0.3) is 5.91 Å². The number of hydrogen-bond acceptors (Lipinski definition) is 6. The van der Waals surface area contributed by atoms with Crippen molar-refractivity contribution in [2.45, 2.75) is 25.7 Å². The van der Waals surface area contributed by atoms with Crippen molar-refractivity contribution in [2.24, 2.45) is 4.99 Å². The van der Waals surface area contributed by atoms with E-state index in [4.69, 9.17) is 32.4 Å². The SMILES string of the molecule is COC(=O)c1ccc(Cl)cc1-c1ccc(C=Nc2sc3c(c2C(=O)Nc2ccc(Cl)cc2)CCCC3)o1. The van der Waals surface area contributed by atoms with Gasteiger partial charge in [-0.3, -0.25) is 4.79 Å². The van der Waals surface area contributed by atoms with E-state index in [0.29, 0.717) is 48.9 Å². The first-order chi connectivity index (χ1) is 17.9. The third-order valence-electron chi connectivity index (χ3n) is 6.07. The molecular formula is C28H22Cl2N2O4S. The Morgan fingerprint density at radius 2 is 1.78 bits per heavy atom. The number of amides is 1. The van der Waals surface area contributed by atoms with Crippen molar-refractivity contribution in [3.8, 4) is 11.3 Å². The van der Waals surface area contributed by atoms with E-state index in [1.807, 2.05) is 0 Å². The van der Waals surface area contributed by atoms with Gasteiger partial charge in [0.1, 0.15) is 16.5 Å². The second kappa shape index (κ2) is 10.9. The Bertz CT molecular complexity index is 1510. The van der Waals surface area contributed by atoms with Gasteiger partial charge in [0.05, 0.1) is 24.5 Å². The third-order valence-corrected chi connectivity index (χ3v) is 7.76. The number of thiophene rings is 1. The van der Waals surface area contributed by atoms with Gasteiger partial charge >= 0.3 is 5.97 Å². The van der Waals surface area contributed by atoms with Gasteiger partial charge in [0.15, 0.2) is 0 Å². The van der Waals surface area contributed by atoms with Crippen molar-refractivity contribution in [2.75, 3.05) is 12.4 Å². The number of rotatable bonds is 6. The van der Waals surface area contributed by atoms with Crippen LogP contribution in [0.5, 0.6) is 0 Å². The number of hydrogen-bond donors (Lipinski definition) is 1. The number of carbonyl (C=O) groups excluding carboxylic acids is 2. The van der Waals surface area contributed by atoms with Crippen LogP contribution in [-0.2, 0) is 17.6 Å². The quantitative estimate of drug-likeness (QED) is 0.194. The predicted molar refractivity (Wildman–Crippen MR) is 148 cm³/mol. The lowest BCUT2D eigenvalue weighted by Crippen LogP contribution is -2.14. The van der Waals surface area contributed by atoms with Crippen LogP contribution in [0.1, 0.15) is 49.8 Å². The van der Waals surface area contributed by atoms with Crippen LogP contribution < -0.4 is 5.32 Å². The van der Waals surface area contributed by atoms with Crippen molar-refractivity contribution in [3.05, 3.63) is 92.0 Å². The highest BCUT2D eigenvalue weighted by atomic mass is 35.5. The number of fused-ring (bicyclic) bond motifs is 1. The van der Waals surface area contributed by atoms with E-state index in [0.717, 1.165) is 31.2 Å².